The zero-order chi connectivity index (χ0) is 22.5. The average molecular weight is 431 g/mol. The molecule has 0 fully saturated rings. The number of anilines is 1. The van der Waals surface area contributed by atoms with Gasteiger partial charge in [-0.25, -0.2) is 8.42 Å². The molecule has 0 radical (unpaired) electrons. The fourth-order valence-electron chi connectivity index (χ4n) is 3.85. The minimum atomic E-state index is -3.64. The highest BCUT2D eigenvalue weighted by molar-refractivity contribution is 7.92. The number of carbonyl (C=O) groups is 1. The molecule has 2 rings (SSSR count). The molecular weight excluding hydrogens is 396 g/mol. The van der Waals surface area contributed by atoms with Crippen LogP contribution in [0.4, 0.5) is 5.69 Å². The summed E-state index contributed by atoms with van der Waals surface area (Å²) in [6, 6.07) is 11.1. The van der Waals surface area contributed by atoms with Crippen molar-refractivity contribution in [3.05, 3.63) is 64.2 Å². The fourth-order valence-corrected chi connectivity index (χ4v) is 5.04. The van der Waals surface area contributed by atoms with Crippen LogP contribution in [0.3, 0.4) is 0 Å². The molecule has 164 valence electrons. The molecule has 0 aliphatic heterocycles. The highest BCUT2D eigenvalue weighted by atomic mass is 32.2. The van der Waals surface area contributed by atoms with Gasteiger partial charge < -0.3 is 5.32 Å². The third-order valence-electron chi connectivity index (χ3n) is 5.30. The van der Waals surface area contributed by atoms with Crippen LogP contribution in [0.15, 0.2) is 36.4 Å². The Kier molecular flexibility index (Phi) is 8.07. The minimum absolute atomic E-state index is 0.286. The first-order chi connectivity index (χ1) is 14.1. The molecule has 0 saturated heterocycles. The summed E-state index contributed by atoms with van der Waals surface area (Å²) in [5.74, 6) is -0.286. The van der Waals surface area contributed by atoms with Gasteiger partial charge in [0.25, 0.3) is 0 Å². The maximum Gasteiger partial charge on any atom is 0.244 e. The van der Waals surface area contributed by atoms with E-state index in [0.717, 1.165) is 35.8 Å². The second-order valence-corrected chi connectivity index (χ2v) is 9.72. The first-order valence-electron chi connectivity index (χ1n) is 10.6. The molecule has 2 aromatic rings. The lowest BCUT2D eigenvalue weighted by Crippen LogP contribution is -2.49. The molecular formula is C24H34N2O3S. The van der Waals surface area contributed by atoms with Crippen LogP contribution < -0.4 is 9.62 Å². The third-order valence-corrected chi connectivity index (χ3v) is 6.48. The van der Waals surface area contributed by atoms with E-state index in [-0.39, 0.29) is 5.91 Å². The molecule has 0 heterocycles. The number of carbonyl (C=O) groups excluding carboxylic acids is 1. The molecule has 0 spiro atoms. The van der Waals surface area contributed by atoms with E-state index in [9.17, 15) is 13.2 Å². The van der Waals surface area contributed by atoms with Crippen molar-refractivity contribution in [3.63, 3.8) is 0 Å². The van der Waals surface area contributed by atoms with Gasteiger partial charge in [-0.3, -0.25) is 9.10 Å². The third kappa shape index (κ3) is 5.85. The Labute approximate surface area is 181 Å². The van der Waals surface area contributed by atoms with Crippen LogP contribution in [0.25, 0.3) is 0 Å². The van der Waals surface area contributed by atoms with Gasteiger partial charge in [0.2, 0.25) is 15.9 Å². The number of benzene rings is 2. The van der Waals surface area contributed by atoms with Crippen LogP contribution >= 0.6 is 0 Å². The van der Waals surface area contributed by atoms with E-state index in [1.807, 2.05) is 39.0 Å². The maximum absolute atomic E-state index is 13.1. The van der Waals surface area contributed by atoms with Crippen LogP contribution in [0, 0.1) is 13.8 Å². The van der Waals surface area contributed by atoms with Crippen molar-refractivity contribution in [2.75, 3.05) is 10.6 Å². The number of nitrogens with zero attached hydrogens (tertiary/aromatic N) is 1. The van der Waals surface area contributed by atoms with Crippen LogP contribution in [-0.2, 0) is 34.2 Å². The quantitative estimate of drug-likeness (QED) is 0.645. The Morgan fingerprint density at radius 1 is 0.967 bits per heavy atom. The van der Waals surface area contributed by atoms with E-state index < -0.39 is 16.1 Å². The van der Waals surface area contributed by atoms with Gasteiger partial charge in [0.05, 0.1) is 11.9 Å². The molecule has 0 aliphatic carbocycles. The van der Waals surface area contributed by atoms with Gasteiger partial charge in [-0.15, -0.1) is 0 Å². The predicted molar refractivity (Wildman–Crippen MR) is 124 cm³/mol. The van der Waals surface area contributed by atoms with Gasteiger partial charge in [-0.05, 0) is 73.1 Å². The Bertz CT molecular complexity index is 979. The van der Waals surface area contributed by atoms with Crippen molar-refractivity contribution >= 4 is 21.6 Å². The Morgan fingerprint density at radius 3 is 2.10 bits per heavy atom. The number of hydrogen-bond acceptors (Lipinski definition) is 3. The van der Waals surface area contributed by atoms with E-state index in [2.05, 4.69) is 37.4 Å². The topological polar surface area (TPSA) is 66.5 Å². The normalized spacial score (nSPS) is 12.5. The lowest BCUT2D eigenvalue weighted by Gasteiger charge is -2.30. The second kappa shape index (κ2) is 10.1. The largest absolute Gasteiger partial charge is 0.350 e. The maximum atomic E-state index is 13.1. The molecule has 30 heavy (non-hydrogen) atoms. The molecule has 0 aliphatic rings. The molecule has 1 amide bonds. The van der Waals surface area contributed by atoms with Crippen molar-refractivity contribution < 1.29 is 13.2 Å². The molecule has 6 heteroatoms. The summed E-state index contributed by atoms with van der Waals surface area (Å²) >= 11 is 0. The van der Waals surface area contributed by atoms with Crippen molar-refractivity contribution in [2.45, 2.75) is 66.5 Å². The van der Waals surface area contributed by atoms with E-state index in [4.69, 9.17) is 0 Å². The summed E-state index contributed by atoms with van der Waals surface area (Å²) in [5.41, 5.74) is 5.93. The number of amides is 1. The van der Waals surface area contributed by atoms with Crippen molar-refractivity contribution in [1.82, 2.24) is 5.32 Å². The summed E-state index contributed by atoms with van der Waals surface area (Å²) in [5, 5.41) is 2.98. The van der Waals surface area contributed by atoms with Crippen LogP contribution in [0.1, 0.15) is 55.0 Å². The van der Waals surface area contributed by atoms with Gasteiger partial charge >= 0.3 is 0 Å². The number of hydrogen-bond donors (Lipinski definition) is 1. The lowest BCUT2D eigenvalue weighted by molar-refractivity contribution is -0.122. The molecule has 1 N–H and O–H groups in total. The number of nitrogens with one attached hydrogen (secondary N) is 1. The molecule has 0 bridgehead atoms. The lowest BCUT2D eigenvalue weighted by atomic mass is 10.0. The first-order valence-corrected chi connectivity index (χ1v) is 12.4. The van der Waals surface area contributed by atoms with Gasteiger partial charge in [-0.2, -0.15) is 0 Å². The van der Waals surface area contributed by atoms with Crippen molar-refractivity contribution in [2.24, 2.45) is 0 Å². The van der Waals surface area contributed by atoms with Crippen molar-refractivity contribution in [3.8, 4) is 0 Å². The Balaban J connectivity index is 2.33. The average Bonchev–Trinajstić information content (AvgIpc) is 2.67. The molecule has 5 nitrogen and oxygen atoms in total. The Hall–Kier alpha value is -2.34. The molecule has 0 saturated carbocycles. The standard InChI is InChI=1S/C24H34N2O3S/c1-7-19-10-11-20(8-2)21(15-19)16-25-24(27)23(9-3)26(30(6,28)29)22-13-17(4)12-18(5)14-22/h10-15,23H,7-9,16H2,1-6H3,(H,25,27). The van der Waals surface area contributed by atoms with E-state index >= 15 is 0 Å². The van der Waals surface area contributed by atoms with Crippen molar-refractivity contribution in [1.29, 1.82) is 0 Å². The number of rotatable bonds is 9. The van der Waals surface area contributed by atoms with Crippen LogP contribution in [0.2, 0.25) is 0 Å². The van der Waals surface area contributed by atoms with E-state index in [1.165, 1.54) is 15.4 Å². The van der Waals surface area contributed by atoms with Gasteiger partial charge in [-0.1, -0.05) is 45.0 Å². The number of sulfonamides is 1. The summed E-state index contributed by atoms with van der Waals surface area (Å²) < 4.78 is 26.6. The molecule has 1 unspecified atom stereocenters. The predicted octanol–water partition coefficient (Wildman–Crippen LogP) is 4.29. The minimum Gasteiger partial charge on any atom is -0.350 e. The monoisotopic (exact) mass is 430 g/mol. The highest BCUT2D eigenvalue weighted by Gasteiger charge is 2.31. The SMILES string of the molecule is CCc1ccc(CC)c(CNC(=O)C(CC)N(c2cc(C)cc(C)c2)S(C)(=O)=O)c1. The molecule has 1 atom stereocenters. The summed E-state index contributed by atoms with van der Waals surface area (Å²) in [6.45, 7) is 10.3. The smallest absolute Gasteiger partial charge is 0.244 e. The van der Waals surface area contributed by atoms with Gasteiger partial charge in [0.15, 0.2) is 0 Å². The summed E-state index contributed by atoms with van der Waals surface area (Å²) in [4.78, 5) is 13.1. The highest BCUT2D eigenvalue weighted by Crippen LogP contribution is 2.25. The zero-order valence-corrected chi connectivity index (χ0v) is 19.8. The van der Waals surface area contributed by atoms with Gasteiger partial charge in [0, 0.05) is 6.54 Å². The van der Waals surface area contributed by atoms with E-state index in [1.54, 1.807) is 0 Å². The Morgan fingerprint density at radius 2 is 1.60 bits per heavy atom. The van der Waals surface area contributed by atoms with Crippen LogP contribution in [0.5, 0.6) is 0 Å². The molecule has 2 aromatic carbocycles. The number of aryl methyl sites for hydroxylation is 4. The fraction of sp³-hybridized carbons (Fsp3) is 0.458. The van der Waals surface area contributed by atoms with Gasteiger partial charge in [0.1, 0.15) is 6.04 Å². The molecule has 0 aromatic heterocycles. The van der Waals surface area contributed by atoms with Crippen LogP contribution in [-0.4, -0.2) is 26.6 Å². The summed E-state index contributed by atoms with van der Waals surface area (Å²) in [6.07, 6.45) is 3.34. The first kappa shape index (κ1) is 23.9. The second-order valence-electron chi connectivity index (χ2n) is 7.86. The zero-order valence-electron chi connectivity index (χ0n) is 19.0. The van der Waals surface area contributed by atoms with E-state index in [0.29, 0.717) is 18.7 Å². The summed E-state index contributed by atoms with van der Waals surface area (Å²) in [7, 11) is -3.64.